The van der Waals surface area contributed by atoms with Crippen molar-refractivity contribution < 1.29 is 9.84 Å². The van der Waals surface area contributed by atoms with E-state index in [1.165, 1.54) is 11.1 Å². The van der Waals surface area contributed by atoms with Gasteiger partial charge in [0.2, 0.25) is 0 Å². The van der Waals surface area contributed by atoms with Crippen LogP contribution in [0.15, 0.2) is 54.2 Å². The minimum atomic E-state index is -0.207. The molecule has 2 heteroatoms. The van der Waals surface area contributed by atoms with Crippen LogP contribution in [0, 0.1) is 0 Å². The summed E-state index contributed by atoms with van der Waals surface area (Å²) in [5, 5.41) is 10.0. The minimum Gasteiger partial charge on any atom is -0.504 e. The van der Waals surface area contributed by atoms with Crippen LogP contribution in [0.3, 0.4) is 0 Å². The van der Waals surface area contributed by atoms with Gasteiger partial charge in [0.1, 0.15) is 0 Å². The molecule has 1 aromatic rings. The zero-order chi connectivity index (χ0) is 17.5. The molecule has 2 nitrogen and oxygen atoms in total. The fourth-order valence-electron chi connectivity index (χ4n) is 2.44. The summed E-state index contributed by atoms with van der Waals surface area (Å²) in [6, 6.07) is 5.57. The SMILES string of the molecule is C=CC(C)(C/C=C(\C)CCC=C(C)C)c1ccc(OC)c(O)c1. The summed E-state index contributed by atoms with van der Waals surface area (Å²) in [4.78, 5) is 0. The molecule has 1 atom stereocenters. The van der Waals surface area contributed by atoms with Crippen LogP contribution in [0.1, 0.15) is 52.5 Å². The molecule has 0 fully saturated rings. The van der Waals surface area contributed by atoms with E-state index in [2.05, 4.69) is 46.4 Å². The number of benzene rings is 1. The molecule has 0 aromatic heterocycles. The zero-order valence-electron chi connectivity index (χ0n) is 15.1. The predicted molar refractivity (Wildman–Crippen MR) is 99.2 cm³/mol. The van der Waals surface area contributed by atoms with Crippen molar-refractivity contribution in [1.29, 1.82) is 0 Å². The van der Waals surface area contributed by atoms with E-state index in [0.29, 0.717) is 5.75 Å². The van der Waals surface area contributed by atoms with E-state index in [-0.39, 0.29) is 11.2 Å². The Kier molecular flexibility index (Phi) is 7.15. The molecule has 1 rings (SSSR count). The lowest BCUT2D eigenvalue weighted by atomic mass is 9.79. The third-order valence-corrected chi connectivity index (χ3v) is 4.25. The molecule has 0 amide bonds. The molecule has 0 heterocycles. The number of hydrogen-bond acceptors (Lipinski definition) is 2. The molecule has 1 aromatic carbocycles. The number of allylic oxidation sites excluding steroid dienone is 5. The number of hydrogen-bond donors (Lipinski definition) is 1. The summed E-state index contributed by atoms with van der Waals surface area (Å²) in [5.41, 5.74) is 3.58. The molecule has 0 aliphatic heterocycles. The standard InChI is InChI=1S/C21H30O2/c1-7-21(5,14-13-17(4)10-8-9-16(2)3)18-11-12-20(23-6)19(22)15-18/h7,9,11-13,15,22H,1,8,10,14H2,2-6H3/b17-13+. The maximum atomic E-state index is 10.0. The second-order valence-corrected chi connectivity index (χ2v) is 6.58. The van der Waals surface area contributed by atoms with Crippen LogP contribution < -0.4 is 4.74 Å². The molecule has 0 radical (unpaired) electrons. The van der Waals surface area contributed by atoms with E-state index < -0.39 is 0 Å². The van der Waals surface area contributed by atoms with Gasteiger partial charge in [-0.05, 0) is 57.7 Å². The Bertz CT molecular complexity index is 592. The van der Waals surface area contributed by atoms with Gasteiger partial charge in [0.25, 0.3) is 0 Å². The van der Waals surface area contributed by atoms with Crippen molar-refractivity contribution in [2.45, 2.75) is 52.4 Å². The number of ether oxygens (including phenoxy) is 1. The van der Waals surface area contributed by atoms with Crippen LogP contribution in [-0.4, -0.2) is 12.2 Å². The van der Waals surface area contributed by atoms with Crippen molar-refractivity contribution in [2.24, 2.45) is 0 Å². The van der Waals surface area contributed by atoms with Crippen LogP contribution in [0.4, 0.5) is 0 Å². The van der Waals surface area contributed by atoms with Gasteiger partial charge in [0.15, 0.2) is 11.5 Å². The molecule has 23 heavy (non-hydrogen) atoms. The molecule has 0 bridgehead atoms. The Hall–Kier alpha value is -1.96. The molecule has 1 N–H and O–H groups in total. The van der Waals surface area contributed by atoms with Gasteiger partial charge in [-0.2, -0.15) is 0 Å². The first-order valence-corrected chi connectivity index (χ1v) is 8.12. The molecule has 0 aliphatic rings. The predicted octanol–water partition coefficient (Wildman–Crippen LogP) is 5.93. The molecule has 126 valence electrons. The van der Waals surface area contributed by atoms with Gasteiger partial charge in [0.05, 0.1) is 7.11 Å². The van der Waals surface area contributed by atoms with Crippen LogP contribution >= 0.6 is 0 Å². The van der Waals surface area contributed by atoms with Crippen molar-refractivity contribution in [1.82, 2.24) is 0 Å². The normalized spacial score (nSPS) is 14.0. The highest BCUT2D eigenvalue weighted by molar-refractivity contribution is 5.45. The van der Waals surface area contributed by atoms with Gasteiger partial charge < -0.3 is 9.84 Å². The van der Waals surface area contributed by atoms with E-state index in [9.17, 15) is 5.11 Å². The first-order chi connectivity index (χ1) is 10.8. The topological polar surface area (TPSA) is 29.5 Å². The lowest BCUT2D eigenvalue weighted by molar-refractivity contribution is 0.372. The van der Waals surface area contributed by atoms with E-state index in [1.807, 2.05) is 12.1 Å². The summed E-state index contributed by atoms with van der Waals surface area (Å²) >= 11 is 0. The largest absolute Gasteiger partial charge is 0.504 e. The Morgan fingerprint density at radius 3 is 2.48 bits per heavy atom. The Morgan fingerprint density at radius 2 is 1.96 bits per heavy atom. The first kappa shape index (κ1) is 19.1. The summed E-state index contributed by atoms with van der Waals surface area (Å²) in [5.74, 6) is 0.663. The second kappa shape index (κ2) is 8.61. The lowest BCUT2D eigenvalue weighted by Crippen LogP contribution is -2.17. The van der Waals surface area contributed by atoms with Crippen molar-refractivity contribution >= 4 is 0 Å². The number of aromatic hydroxyl groups is 1. The highest BCUT2D eigenvalue weighted by atomic mass is 16.5. The molecular weight excluding hydrogens is 284 g/mol. The van der Waals surface area contributed by atoms with Gasteiger partial charge in [0, 0.05) is 5.41 Å². The quantitative estimate of drug-likeness (QED) is 0.603. The number of phenols is 1. The van der Waals surface area contributed by atoms with E-state index in [4.69, 9.17) is 4.74 Å². The third kappa shape index (κ3) is 5.63. The summed E-state index contributed by atoms with van der Waals surface area (Å²) in [6.45, 7) is 12.6. The van der Waals surface area contributed by atoms with E-state index >= 15 is 0 Å². The summed E-state index contributed by atoms with van der Waals surface area (Å²) < 4.78 is 5.11. The molecule has 1 unspecified atom stereocenters. The van der Waals surface area contributed by atoms with Gasteiger partial charge in [-0.3, -0.25) is 0 Å². The highest BCUT2D eigenvalue weighted by Gasteiger charge is 2.23. The molecule has 0 saturated heterocycles. The maximum Gasteiger partial charge on any atom is 0.160 e. The smallest absolute Gasteiger partial charge is 0.160 e. The average molecular weight is 314 g/mol. The average Bonchev–Trinajstić information content (AvgIpc) is 2.52. The van der Waals surface area contributed by atoms with Crippen LogP contribution in [0.2, 0.25) is 0 Å². The molecule has 0 saturated carbocycles. The fraction of sp³-hybridized carbons (Fsp3) is 0.429. The van der Waals surface area contributed by atoms with Crippen LogP contribution in [-0.2, 0) is 5.41 Å². The van der Waals surface area contributed by atoms with Gasteiger partial charge >= 0.3 is 0 Å². The maximum absolute atomic E-state index is 10.0. The molecular formula is C21H30O2. The summed E-state index contributed by atoms with van der Waals surface area (Å²) in [7, 11) is 1.56. The Balaban J connectivity index is 2.87. The third-order valence-electron chi connectivity index (χ3n) is 4.25. The Labute approximate surface area is 141 Å². The monoisotopic (exact) mass is 314 g/mol. The lowest BCUT2D eigenvalue weighted by Gasteiger charge is -2.26. The molecule has 0 aliphatic carbocycles. The van der Waals surface area contributed by atoms with Crippen molar-refractivity contribution in [3.63, 3.8) is 0 Å². The van der Waals surface area contributed by atoms with Gasteiger partial charge in [-0.1, -0.05) is 42.4 Å². The van der Waals surface area contributed by atoms with Crippen LogP contribution in [0.5, 0.6) is 11.5 Å². The fourth-order valence-corrected chi connectivity index (χ4v) is 2.44. The molecule has 0 spiro atoms. The van der Waals surface area contributed by atoms with Crippen molar-refractivity contribution in [3.05, 3.63) is 59.7 Å². The number of methoxy groups -OCH3 is 1. The van der Waals surface area contributed by atoms with E-state index in [0.717, 1.165) is 24.8 Å². The van der Waals surface area contributed by atoms with Crippen molar-refractivity contribution in [2.75, 3.05) is 7.11 Å². The van der Waals surface area contributed by atoms with Gasteiger partial charge in [-0.15, -0.1) is 6.58 Å². The Morgan fingerprint density at radius 1 is 1.26 bits per heavy atom. The van der Waals surface area contributed by atoms with E-state index in [1.54, 1.807) is 19.2 Å². The number of rotatable bonds is 8. The first-order valence-electron chi connectivity index (χ1n) is 8.12. The number of phenolic OH excluding ortho intramolecular Hbond substituents is 1. The zero-order valence-corrected chi connectivity index (χ0v) is 15.1. The van der Waals surface area contributed by atoms with Gasteiger partial charge in [-0.25, -0.2) is 0 Å². The second-order valence-electron chi connectivity index (χ2n) is 6.58. The van der Waals surface area contributed by atoms with Crippen LogP contribution in [0.25, 0.3) is 0 Å². The minimum absolute atomic E-state index is 0.169. The van der Waals surface area contributed by atoms with Crippen molar-refractivity contribution in [3.8, 4) is 11.5 Å². The summed E-state index contributed by atoms with van der Waals surface area (Å²) in [6.07, 6.45) is 9.52. The highest BCUT2D eigenvalue weighted by Crippen LogP contribution is 2.35.